The molecule has 0 spiro atoms. The van der Waals surface area contributed by atoms with E-state index in [1.165, 1.54) is 43.4 Å². The first-order valence-electron chi connectivity index (χ1n) is 11.7. The van der Waals surface area contributed by atoms with Gasteiger partial charge in [-0.25, -0.2) is 0 Å². The van der Waals surface area contributed by atoms with Crippen molar-refractivity contribution in [3.05, 3.63) is 23.8 Å². The van der Waals surface area contributed by atoms with Crippen LogP contribution >= 0.6 is 0 Å². The summed E-state index contributed by atoms with van der Waals surface area (Å²) in [5.74, 6) is 0.181. The Hall–Kier alpha value is -2.04. The van der Waals surface area contributed by atoms with E-state index in [2.05, 4.69) is 23.1 Å². The first kappa shape index (κ1) is 19.0. The van der Waals surface area contributed by atoms with E-state index in [4.69, 9.17) is 0 Å². The standard InChI is InChI=1S/C24H33N3O2/c28-23-15-19(17-27(23)20-8-2-1-3-9-20)24(29)26-14-6-7-18-10-11-21(16-22(18)26)25-12-4-5-13-25/h10-11,16,19-20H,1-9,12-15,17H2. The van der Waals surface area contributed by atoms with Crippen LogP contribution in [0.4, 0.5) is 11.4 Å². The van der Waals surface area contributed by atoms with Crippen molar-refractivity contribution in [2.45, 2.75) is 70.3 Å². The summed E-state index contributed by atoms with van der Waals surface area (Å²) in [6.07, 6.45) is 10.9. The number of likely N-dealkylation sites (tertiary alicyclic amines) is 1. The van der Waals surface area contributed by atoms with Crippen LogP contribution in [-0.2, 0) is 16.0 Å². The minimum Gasteiger partial charge on any atom is -0.371 e. The largest absolute Gasteiger partial charge is 0.371 e. The summed E-state index contributed by atoms with van der Waals surface area (Å²) < 4.78 is 0. The summed E-state index contributed by atoms with van der Waals surface area (Å²) in [5, 5.41) is 0. The van der Waals surface area contributed by atoms with Gasteiger partial charge in [-0.1, -0.05) is 25.3 Å². The second-order valence-corrected chi connectivity index (χ2v) is 9.34. The van der Waals surface area contributed by atoms with Gasteiger partial charge in [0.05, 0.1) is 5.92 Å². The lowest BCUT2D eigenvalue weighted by atomic mass is 9.94. The van der Waals surface area contributed by atoms with Gasteiger partial charge < -0.3 is 14.7 Å². The SMILES string of the molecule is O=C(C1CC(=O)N(C2CCCCC2)C1)N1CCCc2ccc(N3CCCC3)cc21. The highest BCUT2D eigenvalue weighted by Crippen LogP contribution is 2.35. The first-order chi connectivity index (χ1) is 14.2. The lowest BCUT2D eigenvalue weighted by Gasteiger charge is -2.34. The number of nitrogens with zero attached hydrogens (tertiary/aromatic N) is 3. The van der Waals surface area contributed by atoms with E-state index in [1.807, 2.05) is 9.80 Å². The number of hydrogen-bond acceptors (Lipinski definition) is 3. The maximum atomic E-state index is 13.5. The van der Waals surface area contributed by atoms with Crippen molar-refractivity contribution in [3.63, 3.8) is 0 Å². The zero-order valence-corrected chi connectivity index (χ0v) is 17.4. The molecule has 0 radical (unpaired) electrons. The molecule has 1 aromatic rings. The zero-order valence-electron chi connectivity index (χ0n) is 17.4. The molecule has 1 atom stereocenters. The number of fused-ring (bicyclic) bond motifs is 1. The van der Waals surface area contributed by atoms with Crippen LogP contribution in [0.2, 0.25) is 0 Å². The van der Waals surface area contributed by atoms with Crippen LogP contribution in [0.15, 0.2) is 18.2 Å². The topological polar surface area (TPSA) is 43.9 Å². The van der Waals surface area contributed by atoms with Crippen LogP contribution < -0.4 is 9.80 Å². The van der Waals surface area contributed by atoms with Crippen LogP contribution in [0, 0.1) is 5.92 Å². The second-order valence-electron chi connectivity index (χ2n) is 9.34. The fourth-order valence-electron chi connectivity index (χ4n) is 5.83. The van der Waals surface area contributed by atoms with Gasteiger partial charge in [-0.3, -0.25) is 9.59 Å². The molecule has 156 valence electrons. The molecule has 29 heavy (non-hydrogen) atoms. The van der Waals surface area contributed by atoms with Gasteiger partial charge in [0.25, 0.3) is 0 Å². The molecule has 1 aliphatic carbocycles. The van der Waals surface area contributed by atoms with Crippen molar-refractivity contribution in [1.82, 2.24) is 4.90 Å². The molecular formula is C24H33N3O2. The molecule has 3 fully saturated rings. The molecule has 5 nitrogen and oxygen atoms in total. The highest BCUT2D eigenvalue weighted by atomic mass is 16.2. The van der Waals surface area contributed by atoms with E-state index in [-0.39, 0.29) is 17.7 Å². The number of hydrogen-bond donors (Lipinski definition) is 0. The van der Waals surface area contributed by atoms with Crippen molar-refractivity contribution >= 4 is 23.2 Å². The minimum atomic E-state index is -0.175. The molecule has 0 aromatic heterocycles. The fraction of sp³-hybridized carbons (Fsp3) is 0.667. The zero-order chi connectivity index (χ0) is 19.8. The van der Waals surface area contributed by atoms with Crippen LogP contribution in [-0.4, -0.2) is 48.9 Å². The Kier molecular flexibility index (Phi) is 5.23. The van der Waals surface area contributed by atoms with Crippen LogP contribution in [0.5, 0.6) is 0 Å². The summed E-state index contributed by atoms with van der Waals surface area (Å²) in [7, 11) is 0. The molecule has 5 rings (SSSR count). The van der Waals surface area contributed by atoms with Crippen LogP contribution in [0.25, 0.3) is 0 Å². The fourth-order valence-corrected chi connectivity index (χ4v) is 5.83. The highest BCUT2D eigenvalue weighted by molar-refractivity contribution is 6.00. The van der Waals surface area contributed by atoms with Crippen molar-refractivity contribution in [2.24, 2.45) is 5.92 Å². The van der Waals surface area contributed by atoms with Gasteiger partial charge in [0.2, 0.25) is 11.8 Å². The van der Waals surface area contributed by atoms with Crippen molar-refractivity contribution in [1.29, 1.82) is 0 Å². The Morgan fingerprint density at radius 3 is 2.52 bits per heavy atom. The van der Waals surface area contributed by atoms with E-state index in [0.717, 1.165) is 51.0 Å². The first-order valence-corrected chi connectivity index (χ1v) is 11.7. The van der Waals surface area contributed by atoms with E-state index < -0.39 is 0 Å². The number of anilines is 2. The van der Waals surface area contributed by atoms with Gasteiger partial charge >= 0.3 is 0 Å². The molecule has 2 amide bonds. The van der Waals surface area contributed by atoms with E-state index >= 15 is 0 Å². The number of benzene rings is 1. The third-order valence-electron chi connectivity index (χ3n) is 7.45. The molecule has 2 saturated heterocycles. The number of rotatable bonds is 3. The Morgan fingerprint density at radius 2 is 1.72 bits per heavy atom. The summed E-state index contributed by atoms with van der Waals surface area (Å²) in [6.45, 7) is 3.63. The highest BCUT2D eigenvalue weighted by Gasteiger charge is 2.40. The average molecular weight is 396 g/mol. The number of carbonyl (C=O) groups excluding carboxylic acids is 2. The molecule has 0 N–H and O–H groups in total. The third-order valence-corrected chi connectivity index (χ3v) is 7.45. The molecule has 0 bridgehead atoms. The summed E-state index contributed by atoms with van der Waals surface area (Å²) >= 11 is 0. The van der Waals surface area contributed by atoms with Gasteiger partial charge in [0.15, 0.2) is 0 Å². The summed E-state index contributed by atoms with van der Waals surface area (Å²) in [5.41, 5.74) is 3.61. The quantitative estimate of drug-likeness (QED) is 0.783. The maximum Gasteiger partial charge on any atom is 0.232 e. The predicted molar refractivity (Wildman–Crippen MR) is 115 cm³/mol. The number of carbonyl (C=O) groups is 2. The number of amides is 2. The Morgan fingerprint density at radius 1 is 0.931 bits per heavy atom. The van der Waals surface area contributed by atoms with Gasteiger partial charge in [0.1, 0.15) is 0 Å². The summed E-state index contributed by atoms with van der Waals surface area (Å²) in [6, 6.07) is 7.04. The van der Waals surface area contributed by atoms with Gasteiger partial charge in [0, 0.05) is 50.0 Å². The normalized spacial score (nSPS) is 25.6. The average Bonchev–Trinajstić information content (AvgIpc) is 3.43. The molecule has 3 aliphatic heterocycles. The predicted octanol–water partition coefficient (Wildman–Crippen LogP) is 3.75. The van der Waals surface area contributed by atoms with E-state index in [0.29, 0.717) is 19.0 Å². The Balaban J connectivity index is 1.34. The lowest BCUT2D eigenvalue weighted by Crippen LogP contribution is -2.42. The number of aryl methyl sites for hydroxylation is 1. The molecule has 4 aliphatic rings. The molecule has 1 unspecified atom stereocenters. The van der Waals surface area contributed by atoms with Crippen molar-refractivity contribution in [3.8, 4) is 0 Å². The van der Waals surface area contributed by atoms with E-state index in [9.17, 15) is 9.59 Å². The summed E-state index contributed by atoms with van der Waals surface area (Å²) in [4.78, 5) is 32.7. The van der Waals surface area contributed by atoms with Crippen molar-refractivity contribution in [2.75, 3.05) is 36.0 Å². The van der Waals surface area contributed by atoms with Gasteiger partial charge in [-0.2, -0.15) is 0 Å². The molecule has 5 heteroatoms. The molecule has 1 aromatic carbocycles. The van der Waals surface area contributed by atoms with Crippen molar-refractivity contribution < 1.29 is 9.59 Å². The van der Waals surface area contributed by atoms with Crippen LogP contribution in [0.3, 0.4) is 0 Å². The Bertz CT molecular complexity index is 780. The minimum absolute atomic E-state index is 0.163. The molecule has 3 heterocycles. The van der Waals surface area contributed by atoms with Gasteiger partial charge in [-0.05, 0) is 56.2 Å². The molecular weight excluding hydrogens is 362 g/mol. The maximum absolute atomic E-state index is 13.5. The third kappa shape index (κ3) is 3.64. The van der Waals surface area contributed by atoms with E-state index in [1.54, 1.807) is 0 Å². The Labute approximate surface area is 174 Å². The molecule has 1 saturated carbocycles. The monoisotopic (exact) mass is 395 g/mol. The van der Waals surface area contributed by atoms with Gasteiger partial charge in [-0.15, -0.1) is 0 Å². The lowest BCUT2D eigenvalue weighted by molar-refractivity contribution is -0.130. The second kappa shape index (κ2) is 8.00. The van der Waals surface area contributed by atoms with Crippen LogP contribution in [0.1, 0.15) is 63.4 Å². The smallest absolute Gasteiger partial charge is 0.232 e.